The Balaban J connectivity index is 2.05. The van der Waals surface area contributed by atoms with E-state index in [9.17, 15) is 13.2 Å². The van der Waals surface area contributed by atoms with E-state index < -0.39 is 11.7 Å². The van der Waals surface area contributed by atoms with Crippen molar-refractivity contribution in [3.63, 3.8) is 0 Å². The summed E-state index contributed by atoms with van der Waals surface area (Å²) in [5.41, 5.74) is 0.327. The molecule has 3 aromatic rings. The largest absolute Gasteiger partial charge is 0.416 e. The van der Waals surface area contributed by atoms with Crippen LogP contribution in [0, 0.1) is 0 Å². The molecule has 3 nitrogen and oxygen atoms in total. The first-order chi connectivity index (χ1) is 9.45. The maximum atomic E-state index is 12.5. The first-order valence-electron chi connectivity index (χ1n) is 5.64. The number of benzene rings is 1. The highest BCUT2D eigenvalue weighted by Gasteiger charge is 2.30. The minimum atomic E-state index is -4.35. The summed E-state index contributed by atoms with van der Waals surface area (Å²) in [6.45, 7) is 0. The van der Waals surface area contributed by atoms with Crippen LogP contribution in [0.3, 0.4) is 0 Å². The second kappa shape index (κ2) is 4.49. The summed E-state index contributed by atoms with van der Waals surface area (Å²) >= 11 is 5.95. The Morgan fingerprint density at radius 2 is 1.70 bits per heavy atom. The van der Waals surface area contributed by atoms with Gasteiger partial charge in [-0.15, -0.1) is 5.10 Å². The molecule has 0 atom stereocenters. The Morgan fingerprint density at radius 3 is 2.30 bits per heavy atom. The quantitative estimate of drug-likeness (QED) is 0.634. The number of halogens is 4. The van der Waals surface area contributed by atoms with Crippen molar-refractivity contribution in [2.24, 2.45) is 0 Å². The molecule has 20 heavy (non-hydrogen) atoms. The Bertz CT molecular complexity index is 763. The SMILES string of the molecule is FC(F)(F)c1ccc(-c2nc3cccc(Cl)n3n2)cc1. The zero-order valence-corrected chi connectivity index (χ0v) is 10.7. The van der Waals surface area contributed by atoms with E-state index in [1.54, 1.807) is 18.2 Å². The van der Waals surface area contributed by atoms with Gasteiger partial charge in [0.2, 0.25) is 0 Å². The number of aromatic nitrogens is 3. The second-order valence-corrected chi connectivity index (χ2v) is 4.52. The van der Waals surface area contributed by atoms with Crippen molar-refractivity contribution in [1.82, 2.24) is 14.6 Å². The van der Waals surface area contributed by atoms with E-state index in [1.807, 2.05) is 0 Å². The lowest BCUT2D eigenvalue weighted by Gasteiger charge is -2.05. The maximum absolute atomic E-state index is 12.5. The summed E-state index contributed by atoms with van der Waals surface area (Å²) in [7, 11) is 0. The first kappa shape index (κ1) is 12.9. The van der Waals surface area contributed by atoms with Crippen LogP contribution in [0.5, 0.6) is 0 Å². The molecule has 0 aliphatic heterocycles. The molecule has 2 heterocycles. The lowest BCUT2D eigenvalue weighted by Crippen LogP contribution is -2.04. The van der Waals surface area contributed by atoms with Crippen molar-refractivity contribution < 1.29 is 13.2 Å². The van der Waals surface area contributed by atoms with Crippen LogP contribution >= 0.6 is 11.6 Å². The monoisotopic (exact) mass is 297 g/mol. The van der Waals surface area contributed by atoms with Crippen LogP contribution < -0.4 is 0 Å². The van der Waals surface area contributed by atoms with Gasteiger partial charge >= 0.3 is 6.18 Å². The third kappa shape index (κ3) is 2.22. The van der Waals surface area contributed by atoms with E-state index in [0.717, 1.165) is 12.1 Å². The lowest BCUT2D eigenvalue weighted by atomic mass is 10.1. The third-order valence-corrected chi connectivity index (χ3v) is 3.07. The van der Waals surface area contributed by atoms with Crippen LogP contribution in [0.25, 0.3) is 17.0 Å². The van der Waals surface area contributed by atoms with Gasteiger partial charge in [0, 0.05) is 5.56 Å². The third-order valence-electron chi connectivity index (χ3n) is 2.78. The molecule has 0 aliphatic rings. The minimum Gasteiger partial charge on any atom is -0.207 e. The van der Waals surface area contributed by atoms with Crippen molar-refractivity contribution in [2.75, 3.05) is 0 Å². The average molecular weight is 298 g/mol. The number of alkyl halides is 3. The van der Waals surface area contributed by atoms with E-state index in [4.69, 9.17) is 11.6 Å². The Labute approximate surface area is 116 Å². The zero-order valence-electron chi connectivity index (χ0n) is 9.89. The van der Waals surface area contributed by atoms with Gasteiger partial charge in [-0.25, -0.2) is 9.50 Å². The molecule has 0 aliphatic carbocycles. The summed E-state index contributed by atoms with van der Waals surface area (Å²) < 4.78 is 38.9. The molecule has 0 N–H and O–H groups in total. The number of fused-ring (bicyclic) bond motifs is 1. The molecular weight excluding hydrogens is 291 g/mol. The Kier molecular flexibility index (Phi) is 2.90. The Hall–Kier alpha value is -2.08. The van der Waals surface area contributed by atoms with E-state index in [-0.39, 0.29) is 0 Å². The highest BCUT2D eigenvalue weighted by molar-refractivity contribution is 6.29. The van der Waals surface area contributed by atoms with Gasteiger partial charge in [0.1, 0.15) is 5.15 Å². The number of rotatable bonds is 1. The van der Waals surface area contributed by atoms with Gasteiger partial charge < -0.3 is 0 Å². The Morgan fingerprint density at radius 1 is 1.00 bits per heavy atom. The number of hydrogen-bond donors (Lipinski definition) is 0. The number of hydrogen-bond acceptors (Lipinski definition) is 2. The summed E-state index contributed by atoms with van der Waals surface area (Å²) in [6, 6.07) is 9.78. The molecule has 0 saturated carbocycles. The van der Waals surface area contributed by atoms with Gasteiger partial charge in [-0.3, -0.25) is 0 Å². The van der Waals surface area contributed by atoms with Gasteiger partial charge in [0.25, 0.3) is 0 Å². The van der Waals surface area contributed by atoms with Gasteiger partial charge in [0.15, 0.2) is 11.5 Å². The molecule has 0 bridgehead atoms. The lowest BCUT2D eigenvalue weighted by molar-refractivity contribution is -0.137. The fraction of sp³-hybridized carbons (Fsp3) is 0.0769. The number of pyridine rings is 1. The van der Waals surface area contributed by atoms with E-state index in [1.165, 1.54) is 16.6 Å². The smallest absolute Gasteiger partial charge is 0.207 e. The van der Waals surface area contributed by atoms with Gasteiger partial charge in [-0.2, -0.15) is 13.2 Å². The van der Waals surface area contributed by atoms with Crippen molar-refractivity contribution >= 4 is 17.2 Å². The van der Waals surface area contributed by atoms with Gasteiger partial charge in [-0.05, 0) is 24.3 Å². The first-order valence-corrected chi connectivity index (χ1v) is 6.02. The highest BCUT2D eigenvalue weighted by Crippen LogP contribution is 2.30. The van der Waals surface area contributed by atoms with Crippen LogP contribution in [-0.4, -0.2) is 14.6 Å². The molecule has 0 saturated heterocycles. The summed E-state index contributed by atoms with van der Waals surface area (Å²) in [6.07, 6.45) is -4.35. The van der Waals surface area contributed by atoms with Crippen LogP contribution in [0.1, 0.15) is 5.56 Å². The molecule has 102 valence electrons. The molecule has 3 rings (SSSR count). The minimum absolute atomic E-state index is 0.326. The molecule has 0 amide bonds. The molecule has 7 heteroatoms. The molecule has 1 aromatic carbocycles. The molecule has 0 fully saturated rings. The fourth-order valence-corrected chi connectivity index (χ4v) is 2.00. The predicted molar refractivity (Wildman–Crippen MR) is 68.4 cm³/mol. The standard InChI is InChI=1S/C13H7ClF3N3/c14-10-2-1-3-11-18-12(19-20(10)11)8-4-6-9(7-5-8)13(15,16)17/h1-7H. The molecular formula is C13H7ClF3N3. The molecule has 0 radical (unpaired) electrons. The van der Waals surface area contributed by atoms with Crippen molar-refractivity contribution in [1.29, 1.82) is 0 Å². The summed E-state index contributed by atoms with van der Waals surface area (Å²) in [5.74, 6) is 0.326. The second-order valence-electron chi connectivity index (χ2n) is 4.13. The van der Waals surface area contributed by atoms with Crippen LogP contribution in [0.2, 0.25) is 5.15 Å². The van der Waals surface area contributed by atoms with E-state index in [2.05, 4.69) is 10.1 Å². The van der Waals surface area contributed by atoms with E-state index >= 15 is 0 Å². The topological polar surface area (TPSA) is 30.2 Å². The van der Waals surface area contributed by atoms with Crippen molar-refractivity contribution in [3.05, 3.63) is 53.2 Å². The van der Waals surface area contributed by atoms with Crippen LogP contribution in [0.15, 0.2) is 42.5 Å². The molecule has 0 spiro atoms. The normalized spacial score (nSPS) is 12.0. The average Bonchev–Trinajstić information content (AvgIpc) is 2.83. The van der Waals surface area contributed by atoms with Crippen LogP contribution in [-0.2, 0) is 6.18 Å². The fourth-order valence-electron chi connectivity index (χ4n) is 1.80. The maximum Gasteiger partial charge on any atom is 0.416 e. The van der Waals surface area contributed by atoms with Gasteiger partial charge in [-0.1, -0.05) is 29.8 Å². The van der Waals surface area contributed by atoms with Crippen molar-refractivity contribution in [3.8, 4) is 11.4 Å². The van der Waals surface area contributed by atoms with Gasteiger partial charge in [0.05, 0.1) is 5.56 Å². The van der Waals surface area contributed by atoms with E-state index in [0.29, 0.717) is 22.2 Å². The summed E-state index contributed by atoms with van der Waals surface area (Å²) in [4.78, 5) is 4.22. The number of nitrogens with zero attached hydrogens (tertiary/aromatic N) is 3. The van der Waals surface area contributed by atoms with Crippen LogP contribution in [0.4, 0.5) is 13.2 Å². The molecule has 2 aromatic heterocycles. The summed E-state index contributed by atoms with van der Waals surface area (Å²) in [5, 5.41) is 4.55. The van der Waals surface area contributed by atoms with Crippen molar-refractivity contribution in [2.45, 2.75) is 6.18 Å². The molecule has 0 unspecified atom stereocenters. The zero-order chi connectivity index (χ0) is 14.3. The highest BCUT2D eigenvalue weighted by atomic mass is 35.5. The predicted octanol–water partition coefficient (Wildman–Crippen LogP) is 4.07.